The van der Waals surface area contributed by atoms with Crippen molar-refractivity contribution in [1.29, 1.82) is 0 Å². The molecule has 2 heteroatoms. The van der Waals surface area contributed by atoms with Crippen LogP contribution in [0.1, 0.15) is 39.0 Å². The monoisotopic (exact) mass is 207 g/mol. The summed E-state index contributed by atoms with van der Waals surface area (Å²) in [6.45, 7) is 5.62. The maximum absolute atomic E-state index is 11.9. The van der Waals surface area contributed by atoms with Crippen LogP contribution in [0, 0.1) is 5.92 Å². The number of nitrogens with zero attached hydrogens (tertiary/aromatic N) is 1. The number of ketones is 1. The van der Waals surface area contributed by atoms with Crippen LogP contribution in [0.3, 0.4) is 0 Å². The third-order valence-corrected chi connectivity index (χ3v) is 4.13. The Kier molecular flexibility index (Phi) is 2.96. The summed E-state index contributed by atoms with van der Waals surface area (Å²) in [4.78, 5) is 14.4. The van der Waals surface area contributed by atoms with Gasteiger partial charge < -0.3 is 4.90 Å². The smallest absolute Gasteiger partial charge is 0.161 e. The molecule has 2 nitrogen and oxygen atoms in total. The fourth-order valence-corrected chi connectivity index (χ4v) is 3.18. The molecule has 0 radical (unpaired) electrons. The van der Waals surface area contributed by atoms with E-state index in [9.17, 15) is 4.79 Å². The molecule has 0 aliphatic carbocycles. The van der Waals surface area contributed by atoms with Crippen LogP contribution in [-0.4, -0.2) is 29.8 Å². The van der Waals surface area contributed by atoms with Gasteiger partial charge in [0, 0.05) is 18.0 Å². The largest absolute Gasteiger partial charge is 0.300 e. The third-order valence-electron chi connectivity index (χ3n) is 4.13. The summed E-state index contributed by atoms with van der Waals surface area (Å²) in [5, 5.41) is 0. The number of carbonyl (C=O) groups excluding carboxylic acids is 1. The number of Topliss-reactive ketones (excluding diaryl/α,β-unsaturated/α-hetero) is 1. The summed E-state index contributed by atoms with van der Waals surface area (Å²) in [6.07, 6.45) is 5.99. The van der Waals surface area contributed by atoms with Crippen molar-refractivity contribution < 1.29 is 4.79 Å². The molecule has 2 fully saturated rings. The first-order valence-corrected chi connectivity index (χ1v) is 6.01. The van der Waals surface area contributed by atoms with Gasteiger partial charge >= 0.3 is 0 Å². The molecule has 2 heterocycles. The van der Waals surface area contributed by atoms with Crippen LogP contribution in [0.4, 0.5) is 0 Å². The van der Waals surface area contributed by atoms with Gasteiger partial charge in [0.25, 0.3) is 0 Å². The average molecular weight is 207 g/mol. The maximum atomic E-state index is 11.9. The molecule has 0 amide bonds. The van der Waals surface area contributed by atoms with Gasteiger partial charge in [-0.05, 0) is 45.2 Å². The van der Waals surface area contributed by atoms with Gasteiger partial charge in [0.15, 0.2) is 5.78 Å². The highest BCUT2D eigenvalue weighted by Gasteiger charge is 2.38. The molecule has 15 heavy (non-hydrogen) atoms. The van der Waals surface area contributed by atoms with Gasteiger partial charge in [0.2, 0.25) is 0 Å². The van der Waals surface area contributed by atoms with E-state index in [1.54, 1.807) is 0 Å². The molecule has 2 rings (SSSR count). The van der Waals surface area contributed by atoms with Crippen LogP contribution in [0.5, 0.6) is 0 Å². The van der Waals surface area contributed by atoms with Gasteiger partial charge in [-0.1, -0.05) is 13.0 Å². The zero-order chi connectivity index (χ0) is 11.0. The van der Waals surface area contributed by atoms with Crippen LogP contribution in [0.2, 0.25) is 0 Å². The Hall–Kier alpha value is -0.630. The highest BCUT2D eigenvalue weighted by atomic mass is 16.1. The summed E-state index contributed by atoms with van der Waals surface area (Å²) in [7, 11) is 2.22. The summed E-state index contributed by atoms with van der Waals surface area (Å²) in [5.41, 5.74) is 0.739. The van der Waals surface area contributed by atoms with Gasteiger partial charge in [-0.3, -0.25) is 4.79 Å². The normalized spacial score (nSPS) is 36.3. The number of hydrogen-bond acceptors (Lipinski definition) is 2. The van der Waals surface area contributed by atoms with Crippen molar-refractivity contribution in [1.82, 2.24) is 4.90 Å². The van der Waals surface area contributed by atoms with E-state index in [0.29, 0.717) is 17.9 Å². The molecule has 2 bridgehead atoms. The Morgan fingerprint density at radius 2 is 1.80 bits per heavy atom. The van der Waals surface area contributed by atoms with Crippen molar-refractivity contribution in [3.63, 3.8) is 0 Å². The number of carbonyl (C=O) groups is 1. The summed E-state index contributed by atoms with van der Waals surface area (Å²) in [6, 6.07) is 1.29. The van der Waals surface area contributed by atoms with Crippen LogP contribution in [0.25, 0.3) is 0 Å². The van der Waals surface area contributed by atoms with Crippen molar-refractivity contribution in [3.8, 4) is 0 Å². The first kappa shape index (κ1) is 10.9. The quantitative estimate of drug-likeness (QED) is 0.648. The van der Waals surface area contributed by atoms with E-state index in [-0.39, 0.29) is 5.92 Å². The number of piperidine rings is 2. The van der Waals surface area contributed by atoms with Crippen molar-refractivity contribution in [2.24, 2.45) is 5.92 Å². The van der Waals surface area contributed by atoms with Gasteiger partial charge in [0.05, 0.1) is 0 Å². The number of fused-ring (bicyclic) bond motifs is 2. The third kappa shape index (κ3) is 2.00. The van der Waals surface area contributed by atoms with Crippen LogP contribution in [-0.2, 0) is 4.79 Å². The lowest BCUT2D eigenvalue weighted by Crippen LogP contribution is -2.51. The predicted octanol–water partition coefficient (Wildman–Crippen LogP) is 2.39. The molecule has 0 aromatic carbocycles. The van der Waals surface area contributed by atoms with Crippen molar-refractivity contribution in [2.45, 2.75) is 51.1 Å². The fourth-order valence-electron chi connectivity index (χ4n) is 3.18. The van der Waals surface area contributed by atoms with Gasteiger partial charge in [-0.15, -0.1) is 0 Å². The summed E-state index contributed by atoms with van der Waals surface area (Å²) >= 11 is 0. The lowest BCUT2D eigenvalue weighted by Gasteiger charge is -2.46. The second kappa shape index (κ2) is 4.09. The van der Waals surface area contributed by atoms with E-state index < -0.39 is 0 Å². The molecule has 0 N–H and O–H groups in total. The molecule has 2 aliphatic rings. The SMILES string of the molecule is C=C(C)C(=O)C1CC2CCCC(C1)N2C. The van der Waals surface area contributed by atoms with Crippen LogP contribution in [0.15, 0.2) is 12.2 Å². The zero-order valence-electron chi connectivity index (χ0n) is 9.83. The minimum absolute atomic E-state index is 0.258. The standard InChI is InChI=1S/C13H21NO/c1-9(2)13(15)10-7-11-5-4-6-12(8-10)14(11)3/h10-12H,1,4-8H2,2-3H3. The van der Waals surface area contributed by atoms with Gasteiger partial charge in [-0.25, -0.2) is 0 Å². The predicted molar refractivity (Wildman–Crippen MR) is 61.7 cm³/mol. The van der Waals surface area contributed by atoms with E-state index in [1.807, 2.05) is 6.92 Å². The minimum atomic E-state index is 0.258. The van der Waals surface area contributed by atoms with Crippen LogP contribution < -0.4 is 0 Å². The van der Waals surface area contributed by atoms with Gasteiger partial charge in [-0.2, -0.15) is 0 Å². The lowest BCUT2D eigenvalue weighted by atomic mass is 9.76. The fraction of sp³-hybridized carbons (Fsp3) is 0.769. The molecular formula is C13H21NO. The molecule has 84 valence electrons. The number of hydrogen-bond donors (Lipinski definition) is 0. The molecular weight excluding hydrogens is 186 g/mol. The Labute approximate surface area is 92.3 Å². The van der Waals surface area contributed by atoms with E-state index >= 15 is 0 Å². The molecule has 0 aromatic heterocycles. The van der Waals surface area contributed by atoms with Gasteiger partial charge in [0.1, 0.15) is 0 Å². The molecule has 2 aliphatic heterocycles. The molecule has 0 spiro atoms. The topological polar surface area (TPSA) is 20.3 Å². The molecule has 0 aromatic rings. The highest BCUT2D eigenvalue weighted by molar-refractivity contribution is 5.96. The highest BCUT2D eigenvalue weighted by Crippen LogP contribution is 2.36. The average Bonchev–Trinajstić information content (AvgIpc) is 2.16. The first-order valence-electron chi connectivity index (χ1n) is 6.01. The molecule has 2 saturated heterocycles. The molecule has 2 unspecified atom stereocenters. The zero-order valence-corrected chi connectivity index (χ0v) is 9.83. The second-order valence-corrected chi connectivity index (χ2v) is 5.22. The first-order chi connectivity index (χ1) is 7.09. The van der Waals surface area contributed by atoms with E-state index in [0.717, 1.165) is 18.4 Å². The molecule has 2 atom stereocenters. The maximum Gasteiger partial charge on any atom is 0.161 e. The van der Waals surface area contributed by atoms with E-state index in [1.165, 1.54) is 19.3 Å². The Morgan fingerprint density at radius 3 is 2.27 bits per heavy atom. The minimum Gasteiger partial charge on any atom is -0.300 e. The van der Waals surface area contributed by atoms with E-state index in [2.05, 4.69) is 18.5 Å². The number of rotatable bonds is 2. The summed E-state index contributed by atoms with van der Waals surface area (Å²) in [5.74, 6) is 0.564. The van der Waals surface area contributed by atoms with Crippen molar-refractivity contribution in [2.75, 3.05) is 7.05 Å². The second-order valence-electron chi connectivity index (χ2n) is 5.22. The van der Waals surface area contributed by atoms with Crippen molar-refractivity contribution in [3.05, 3.63) is 12.2 Å². The number of allylic oxidation sites excluding steroid dienone is 1. The van der Waals surface area contributed by atoms with E-state index in [4.69, 9.17) is 0 Å². The summed E-state index contributed by atoms with van der Waals surface area (Å²) < 4.78 is 0. The lowest BCUT2D eigenvalue weighted by molar-refractivity contribution is -0.122. The Balaban J connectivity index is 2.07. The van der Waals surface area contributed by atoms with Crippen LogP contribution >= 0.6 is 0 Å². The Morgan fingerprint density at radius 1 is 1.27 bits per heavy atom. The molecule has 0 saturated carbocycles. The van der Waals surface area contributed by atoms with Crippen molar-refractivity contribution >= 4 is 5.78 Å². The Bertz CT molecular complexity index is 270.